The summed E-state index contributed by atoms with van der Waals surface area (Å²) in [5.41, 5.74) is -4.80. The molecule has 3 heterocycles. The topological polar surface area (TPSA) is 90.2 Å². The smallest absolute Gasteiger partial charge is 0.275 e. The van der Waals surface area contributed by atoms with E-state index in [-0.39, 0.29) is 22.9 Å². The van der Waals surface area contributed by atoms with Crippen molar-refractivity contribution in [2.45, 2.75) is 31.1 Å². The predicted octanol–water partition coefficient (Wildman–Crippen LogP) is 2.45. The van der Waals surface area contributed by atoms with Crippen molar-refractivity contribution in [2.75, 3.05) is 24.5 Å². The number of anilines is 1. The Hall–Kier alpha value is -2.93. The summed E-state index contributed by atoms with van der Waals surface area (Å²) in [6.45, 7) is 1.96. The summed E-state index contributed by atoms with van der Waals surface area (Å²) in [5.74, 6) is -1.69. The summed E-state index contributed by atoms with van der Waals surface area (Å²) in [7, 11) is 0. The van der Waals surface area contributed by atoms with Gasteiger partial charge in [-0.15, -0.1) is 5.10 Å². The van der Waals surface area contributed by atoms with E-state index in [9.17, 15) is 9.59 Å². The fourth-order valence-electron chi connectivity index (χ4n) is 3.83. The molecule has 0 radical (unpaired) electrons. The summed E-state index contributed by atoms with van der Waals surface area (Å²) in [6, 6.07) is 7.95. The lowest BCUT2D eigenvalue weighted by Crippen LogP contribution is -2.47. The van der Waals surface area contributed by atoms with Crippen LogP contribution >= 0.6 is 11.5 Å². The molecule has 0 aliphatic carbocycles. The number of hydrogen-bond acceptors (Lipinski definition) is 6. The lowest BCUT2D eigenvalue weighted by molar-refractivity contribution is -0.130. The lowest BCUT2D eigenvalue weighted by atomic mass is 9.93. The number of rotatable bonds is 3. The molecule has 0 saturated carbocycles. The number of likely N-dealkylation sites (tertiary alicyclic amines) is 1. The zero-order chi connectivity index (χ0) is 21.0. The molecule has 2 aliphatic rings. The van der Waals surface area contributed by atoms with Gasteiger partial charge in [0, 0.05) is 5.69 Å². The molecule has 0 unspecified atom stereocenters. The highest BCUT2D eigenvalue weighted by molar-refractivity contribution is 7.05. The van der Waals surface area contributed by atoms with Gasteiger partial charge in [-0.2, -0.15) is 5.26 Å². The number of amides is 2. The van der Waals surface area contributed by atoms with E-state index in [1.54, 1.807) is 6.07 Å². The van der Waals surface area contributed by atoms with Crippen LogP contribution in [0, 0.1) is 11.3 Å². The molecular formula is C19H17F2N5O2S. The van der Waals surface area contributed by atoms with Gasteiger partial charge in [-0.1, -0.05) is 24.4 Å². The molecule has 2 saturated heterocycles. The maximum Gasteiger partial charge on any atom is 0.275 e. The van der Waals surface area contributed by atoms with Gasteiger partial charge in [0.2, 0.25) is 5.67 Å². The Balaban J connectivity index is 1.62. The first kappa shape index (κ1) is 19.4. The summed E-state index contributed by atoms with van der Waals surface area (Å²) >= 11 is 1.07. The number of carbonyl (C=O) groups is 2. The molecule has 0 spiro atoms. The van der Waals surface area contributed by atoms with E-state index in [0.717, 1.165) is 21.3 Å². The Kier molecular flexibility index (Phi) is 4.38. The van der Waals surface area contributed by atoms with E-state index in [1.807, 2.05) is 19.9 Å². The molecule has 29 heavy (non-hydrogen) atoms. The Bertz CT molecular complexity index is 1050. The van der Waals surface area contributed by atoms with Gasteiger partial charge in [0.15, 0.2) is 11.4 Å². The normalized spacial score (nSPS) is 26.1. The molecule has 1 aromatic carbocycles. The van der Waals surface area contributed by atoms with Crippen molar-refractivity contribution >= 4 is 29.0 Å². The highest BCUT2D eigenvalue weighted by Gasteiger charge is 2.72. The van der Waals surface area contributed by atoms with Crippen LogP contribution in [-0.4, -0.2) is 57.3 Å². The standard InChI is InChI=1S/C19H17F2N5O2S/c1-11(2)15-14(23-24-29-15)16(27)25-8-18(20)9-26(17(28)19(18,21)10-25)13-5-3-4-12(6-13)7-22/h3-6,11H,8-10H2,1-2H3/t18-,19+/m0/s1. The Morgan fingerprint density at radius 2 is 2.07 bits per heavy atom. The Morgan fingerprint density at radius 3 is 2.72 bits per heavy atom. The summed E-state index contributed by atoms with van der Waals surface area (Å²) in [6.07, 6.45) is 0. The van der Waals surface area contributed by atoms with Crippen LogP contribution in [0.2, 0.25) is 0 Å². The molecule has 0 bridgehead atoms. The molecule has 10 heteroatoms. The number of benzene rings is 1. The Morgan fingerprint density at radius 1 is 1.31 bits per heavy atom. The molecule has 150 valence electrons. The van der Waals surface area contributed by atoms with E-state index in [4.69, 9.17) is 5.26 Å². The van der Waals surface area contributed by atoms with Crippen LogP contribution in [0.15, 0.2) is 24.3 Å². The highest BCUT2D eigenvalue weighted by atomic mass is 32.1. The largest absolute Gasteiger partial charge is 0.330 e. The average molecular weight is 417 g/mol. The molecule has 2 fully saturated rings. The summed E-state index contributed by atoms with van der Waals surface area (Å²) in [5, 5.41) is 12.9. The first-order valence-corrected chi connectivity index (χ1v) is 9.79. The van der Waals surface area contributed by atoms with Crippen molar-refractivity contribution in [3.63, 3.8) is 0 Å². The van der Waals surface area contributed by atoms with Gasteiger partial charge in [0.25, 0.3) is 11.8 Å². The van der Waals surface area contributed by atoms with E-state index in [1.165, 1.54) is 18.2 Å². The number of alkyl halides is 2. The molecule has 2 atom stereocenters. The first-order valence-electron chi connectivity index (χ1n) is 9.02. The fraction of sp³-hybridized carbons (Fsp3) is 0.421. The van der Waals surface area contributed by atoms with Gasteiger partial charge in [-0.3, -0.25) is 9.59 Å². The SMILES string of the molecule is CC(C)c1snnc1C(=O)N1C[C@]2(F)CN(c3cccc(C#N)c3)C(=O)[C@]2(F)C1. The zero-order valence-corrected chi connectivity index (χ0v) is 16.5. The highest BCUT2D eigenvalue weighted by Crippen LogP contribution is 2.47. The van der Waals surface area contributed by atoms with Gasteiger partial charge in [0.1, 0.15) is 0 Å². The predicted molar refractivity (Wildman–Crippen MR) is 101 cm³/mol. The van der Waals surface area contributed by atoms with Crippen molar-refractivity contribution < 1.29 is 18.4 Å². The minimum absolute atomic E-state index is 0.0146. The van der Waals surface area contributed by atoms with Crippen LogP contribution in [0.25, 0.3) is 0 Å². The molecular weight excluding hydrogens is 400 g/mol. The van der Waals surface area contributed by atoms with Crippen molar-refractivity contribution in [2.24, 2.45) is 0 Å². The molecule has 2 aliphatic heterocycles. The number of hydrogen-bond donors (Lipinski definition) is 0. The third-order valence-corrected chi connectivity index (χ3v) is 6.39. The first-order chi connectivity index (χ1) is 13.7. The Labute approximate surface area is 169 Å². The fourth-order valence-corrected chi connectivity index (χ4v) is 4.47. The second kappa shape index (κ2) is 6.56. The molecule has 1 aromatic heterocycles. The summed E-state index contributed by atoms with van der Waals surface area (Å²) < 4.78 is 35.1. The van der Waals surface area contributed by atoms with E-state index < -0.39 is 42.8 Å². The number of nitriles is 1. The van der Waals surface area contributed by atoms with Crippen molar-refractivity contribution in [1.29, 1.82) is 5.26 Å². The number of carbonyl (C=O) groups excluding carboxylic acids is 2. The zero-order valence-electron chi connectivity index (χ0n) is 15.7. The van der Waals surface area contributed by atoms with Crippen LogP contribution in [0.5, 0.6) is 0 Å². The van der Waals surface area contributed by atoms with E-state index in [0.29, 0.717) is 4.88 Å². The minimum Gasteiger partial charge on any atom is -0.330 e. The van der Waals surface area contributed by atoms with E-state index >= 15 is 8.78 Å². The maximum atomic E-state index is 15.6. The molecule has 2 aromatic rings. The van der Waals surface area contributed by atoms with Crippen molar-refractivity contribution in [1.82, 2.24) is 14.5 Å². The molecule has 0 N–H and O–H groups in total. The molecule has 4 rings (SSSR count). The minimum atomic E-state index is -2.85. The summed E-state index contributed by atoms with van der Waals surface area (Å²) in [4.78, 5) is 28.3. The van der Waals surface area contributed by atoms with Gasteiger partial charge >= 0.3 is 0 Å². The monoisotopic (exact) mass is 417 g/mol. The maximum absolute atomic E-state index is 15.6. The average Bonchev–Trinajstić information content (AvgIpc) is 3.33. The van der Waals surface area contributed by atoms with Gasteiger partial charge in [0.05, 0.1) is 36.1 Å². The van der Waals surface area contributed by atoms with Crippen molar-refractivity contribution in [3.8, 4) is 6.07 Å². The number of aromatic nitrogens is 2. The third-order valence-electron chi connectivity index (χ3n) is 5.37. The van der Waals surface area contributed by atoms with Crippen LogP contribution in [0.4, 0.5) is 14.5 Å². The van der Waals surface area contributed by atoms with Crippen LogP contribution in [-0.2, 0) is 4.79 Å². The third kappa shape index (κ3) is 2.80. The number of halogens is 2. The molecule has 2 amide bonds. The van der Waals surface area contributed by atoms with Crippen LogP contribution < -0.4 is 4.90 Å². The van der Waals surface area contributed by atoms with Crippen LogP contribution in [0.1, 0.15) is 40.7 Å². The van der Waals surface area contributed by atoms with Crippen LogP contribution in [0.3, 0.4) is 0 Å². The number of fused-ring (bicyclic) bond motifs is 1. The lowest BCUT2D eigenvalue weighted by Gasteiger charge is -2.22. The van der Waals surface area contributed by atoms with E-state index in [2.05, 4.69) is 9.59 Å². The second-order valence-corrected chi connectivity index (χ2v) is 8.41. The van der Waals surface area contributed by atoms with Crippen molar-refractivity contribution in [3.05, 3.63) is 40.4 Å². The van der Waals surface area contributed by atoms with Gasteiger partial charge in [-0.05, 0) is 35.6 Å². The quantitative estimate of drug-likeness (QED) is 0.765. The van der Waals surface area contributed by atoms with Gasteiger partial charge < -0.3 is 9.80 Å². The second-order valence-electron chi connectivity index (χ2n) is 7.62. The van der Waals surface area contributed by atoms with Gasteiger partial charge in [-0.25, -0.2) is 8.78 Å². The molecule has 7 nitrogen and oxygen atoms in total. The number of nitrogens with zero attached hydrogens (tertiary/aromatic N) is 5.